The van der Waals surface area contributed by atoms with Gasteiger partial charge in [-0.1, -0.05) is 35.2 Å². The number of alkyl halides is 1. The number of carbonyl (C=O) groups is 1. The smallest absolute Gasteiger partial charge is 0.215 e. The number of hydrogen-bond acceptors (Lipinski definition) is 1. The normalized spacial score (nSPS) is 8.20. The van der Waals surface area contributed by atoms with Crippen molar-refractivity contribution in [2.75, 3.05) is 5.33 Å². The third kappa shape index (κ3) is 5.84. The molecule has 0 bridgehead atoms. The molecule has 0 N–H and O–H groups in total. The summed E-state index contributed by atoms with van der Waals surface area (Å²) in [5.74, 6) is 5.31. The molecule has 56 valence electrons. The molecule has 0 aliphatic carbocycles. The second-order valence-corrected chi connectivity index (χ2v) is 2.52. The molecule has 0 unspecified atom stereocenters. The van der Waals surface area contributed by atoms with Gasteiger partial charge in [0.05, 0.1) is 5.33 Å². The van der Waals surface area contributed by atoms with Gasteiger partial charge in [0.2, 0.25) is 5.78 Å². The van der Waals surface area contributed by atoms with E-state index < -0.39 is 0 Å². The number of rotatable bonds is 3. The van der Waals surface area contributed by atoms with Gasteiger partial charge in [-0.3, -0.25) is 4.79 Å². The molecule has 0 rings (SSSR count). The van der Waals surface area contributed by atoms with Crippen LogP contribution >= 0.6 is 15.9 Å². The topological polar surface area (TPSA) is 17.1 Å². The molecule has 0 saturated carbocycles. The molecule has 0 fully saturated rings. The summed E-state index contributed by atoms with van der Waals surface area (Å²) >= 11 is 3.03. The lowest BCUT2D eigenvalue weighted by Crippen LogP contribution is -1.91. The highest BCUT2D eigenvalue weighted by Gasteiger charge is 1.87. The van der Waals surface area contributed by atoms with Gasteiger partial charge in [0.15, 0.2) is 0 Å². The number of halogens is 1. The van der Waals surface area contributed by atoms with Crippen molar-refractivity contribution in [3.05, 3.63) is 0 Å². The van der Waals surface area contributed by atoms with Crippen molar-refractivity contribution < 1.29 is 4.79 Å². The third-order valence-electron chi connectivity index (χ3n) is 1.00. The Kier molecular flexibility index (Phi) is 6.63. The fourth-order valence-electron chi connectivity index (χ4n) is 0.460. The van der Waals surface area contributed by atoms with Gasteiger partial charge in [-0.05, 0) is 12.3 Å². The summed E-state index contributed by atoms with van der Waals surface area (Å²) in [4.78, 5) is 10.6. The zero-order chi connectivity index (χ0) is 7.82. The molecule has 0 aliphatic rings. The van der Waals surface area contributed by atoms with E-state index in [0.717, 1.165) is 19.3 Å². The van der Waals surface area contributed by atoms with Gasteiger partial charge < -0.3 is 0 Å². The number of hydrogen-bond donors (Lipinski definition) is 0. The van der Waals surface area contributed by atoms with E-state index in [1.165, 1.54) is 0 Å². The standard InChI is InChI=1S/C8H11BrO/c1-2-3-4-5-6-8(10)7-9/h2-4,7H2,1H3. The molecule has 0 aromatic rings. The zero-order valence-corrected chi connectivity index (χ0v) is 7.70. The van der Waals surface area contributed by atoms with E-state index >= 15 is 0 Å². The Morgan fingerprint density at radius 1 is 1.60 bits per heavy atom. The van der Waals surface area contributed by atoms with Gasteiger partial charge in [0, 0.05) is 6.42 Å². The van der Waals surface area contributed by atoms with Crippen LogP contribution in [0.1, 0.15) is 26.2 Å². The SMILES string of the molecule is CCCCC#CC(=O)CBr. The summed E-state index contributed by atoms with van der Waals surface area (Å²) < 4.78 is 0. The van der Waals surface area contributed by atoms with Crippen LogP contribution in [0.15, 0.2) is 0 Å². The predicted molar refractivity (Wildman–Crippen MR) is 46.1 cm³/mol. The van der Waals surface area contributed by atoms with E-state index in [1.807, 2.05) is 0 Å². The van der Waals surface area contributed by atoms with E-state index in [0.29, 0.717) is 5.33 Å². The van der Waals surface area contributed by atoms with Crippen molar-refractivity contribution in [3.63, 3.8) is 0 Å². The molecule has 2 heteroatoms. The van der Waals surface area contributed by atoms with Crippen LogP contribution in [0.2, 0.25) is 0 Å². The highest BCUT2D eigenvalue weighted by atomic mass is 79.9. The van der Waals surface area contributed by atoms with E-state index in [9.17, 15) is 4.79 Å². The maximum absolute atomic E-state index is 10.6. The first-order valence-corrected chi connectivity index (χ1v) is 4.51. The van der Waals surface area contributed by atoms with E-state index in [1.54, 1.807) is 0 Å². The van der Waals surface area contributed by atoms with Crippen molar-refractivity contribution in [2.24, 2.45) is 0 Å². The first-order valence-electron chi connectivity index (χ1n) is 3.39. The molecule has 0 aromatic carbocycles. The Hall–Kier alpha value is -0.290. The summed E-state index contributed by atoms with van der Waals surface area (Å²) in [7, 11) is 0. The van der Waals surface area contributed by atoms with Gasteiger partial charge in [-0.25, -0.2) is 0 Å². The van der Waals surface area contributed by atoms with Crippen LogP contribution in [0.3, 0.4) is 0 Å². The van der Waals surface area contributed by atoms with Crippen molar-refractivity contribution in [1.82, 2.24) is 0 Å². The van der Waals surface area contributed by atoms with Crippen LogP contribution < -0.4 is 0 Å². The summed E-state index contributed by atoms with van der Waals surface area (Å²) in [6.07, 6.45) is 3.06. The lowest BCUT2D eigenvalue weighted by Gasteiger charge is -1.82. The second kappa shape index (κ2) is 6.82. The number of carbonyl (C=O) groups excluding carboxylic acids is 1. The molecule has 0 spiro atoms. The maximum Gasteiger partial charge on any atom is 0.215 e. The Morgan fingerprint density at radius 3 is 2.80 bits per heavy atom. The number of unbranched alkanes of at least 4 members (excludes halogenated alkanes) is 2. The molecular formula is C8H11BrO. The van der Waals surface area contributed by atoms with Crippen LogP contribution in [0.5, 0.6) is 0 Å². The van der Waals surface area contributed by atoms with Crippen LogP contribution in [0.25, 0.3) is 0 Å². The average Bonchev–Trinajstić information content (AvgIpc) is 1.98. The first kappa shape index (κ1) is 9.71. The highest BCUT2D eigenvalue weighted by Crippen LogP contribution is 1.90. The Bertz CT molecular complexity index is 152. The maximum atomic E-state index is 10.6. The van der Waals surface area contributed by atoms with Gasteiger partial charge in [0.25, 0.3) is 0 Å². The number of ketones is 1. The largest absolute Gasteiger partial charge is 0.284 e. The van der Waals surface area contributed by atoms with Crippen LogP contribution in [0.4, 0.5) is 0 Å². The molecule has 0 amide bonds. The van der Waals surface area contributed by atoms with Gasteiger partial charge in [0.1, 0.15) is 0 Å². The van der Waals surface area contributed by atoms with Gasteiger partial charge in [-0.15, -0.1) is 0 Å². The molecule has 0 atom stereocenters. The summed E-state index contributed by atoms with van der Waals surface area (Å²) in [5.41, 5.74) is 0. The van der Waals surface area contributed by atoms with E-state index in [4.69, 9.17) is 0 Å². The monoisotopic (exact) mass is 202 g/mol. The quantitative estimate of drug-likeness (QED) is 0.297. The van der Waals surface area contributed by atoms with Crippen LogP contribution in [-0.4, -0.2) is 11.1 Å². The Labute approximate surface area is 70.3 Å². The van der Waals surface area contributed by atoms with Crippen molar-refractivity contribution in [2.45, 2.75) is 26.2 Å². The predicted octanol–water partition coefficient (Wildman–Crippen LogP) is 2.14. The Morgan fingerprint density at radius 2 is 2.30 bits per heavy atom. The molecule has 0 aliphatic heterocycles. The molecule has 0 heterocycles. The van der Waals surface area contributed by atoms with E-state index in [2.05, 4.69) is 34.7 Å². The van der Waals surface area contributed by atoms with Crippen LogP contribution in [0, 0.1) is 11.8 Å². The Balaban J connectivity index is 3.39. The second-order valence-electron chi connectivity index (χ2n) is 1.96. The molecule has 10 heavy (non-hydrogen) atoms. The molecule has 0 radical (unpaired) electrons. The molecule has 0 aromatic heterocycles. The number of Topliss-reactive ketones (excluding diaryl/α,β-unsaturated/α-hetero) is 1. The van der Waals surface area contributed by atoms with Crippen LogP contribution in [-0.2, 0) is 4.79 Å². The highest BCUT2D eigenvalue weighted by molar-refractivity contribution is 9.09. The van der Waals surface area contributed by atoms with Crippen molar-refractivity contribution in [1.29, 1.82) is 0 Å². The van der Waals surface area contributed by atoms with Gasteiger partial charge in [-0.2, -0.15) is 0 Å². The summed E-state index contributed by atoms with van der Waals surface area (Å²) in [6.45, 7) is 2.11. The molecular weight excluding hydrogens is 192 g/mol. The summed E-state index contributed by atoms with van der Waals surface area (Å²) in [6, 6.07) is 0. The lowest BCUT2D eigenvalue weighted by molar-refractivity contribution is -0.111. The fourth-order valence-corrected chi connectivity index (χ4v) is 0.600. The minimum Gasteiger partial charge on any atom is -0.284 e. The zero-order valence-electron chi connectivity index (χ0n) is 6.11. The minimum absolute atomic E-state index is 0.0314. The minimum atomic E-state index is -0.0314. The van der Waals surface area contributed by atoms with Crippen molar-refractivity contribution >= 4 is 21.7 Å². The third-order valence-corrected chi connectivity index (χ3v) is 1.51. The lowest BCUT2D eigenvalue weighted by atomic mass is 10.2. The molecule has 0 saturated heterocycles. The van der Waals surface area contributed by atoms with Gasteiger partial charge >= 0.3 is 0 Å². The van der Waals surface area contributed by atoms with Crippen molar-refractivity contribution in [3.8, 4) is 11.8 Å². The summed E-state index contributed by atoms with van der Waals surface area (Å²) in [5, 5.41) is 0.353. The van der Waals surface area contributed by atoms with E-state index in [-0.39, 0.29) is 5.78 Å². The first-order chi connectivity index (χ1) is 4.81. The average molecular weight is 203 g/mol. The fraction of sp³-hybridized carbons (Fsp3) is 0.625. The molecule has 1 nitrogen and oxygen atoms in total.